The number of fused-ring (bicyclic) bond motifs is 2. The fourth-order valence-corrected chi connectivity index (χ4v) is 4.33. The van der Waals surface area contributed by atoms with Crippen molar-refractivity contribution in [2.24, 2.45) is 0 Å². The van der Waals surface area contributed by atoms with Gasteiger partial charge in [0, 0.05) is 26.2 Å². The molecule has 0 radical (unpaired) electrons. The molecule has 1 fully saturated rings. The zero-order valence-electron chi connectivity index (χ0n) is 16.8. The van der Waals surface area contributed by atoms with Crippen LogP contribution in [0, 0.1) is 0 Å². The van der Waals surface area contributed by atoms with Gasteiger partial charge in [-0.1, -0.05) is 49.4 Å². The van der Waals surface area contributed by atoms with Crippen LogP contribution in [0.25, 0.3) is 5.69 Å². The molecule has 3 aromatic rings. The monoisotopic (exact) mass is 392 g/mol. The summed E-state index contributed by atoms with van der Waals surface area (Å²) in [6.45, 7) is 7.07. The van der Waals surface area contributed by atoms with Crippen molar-refractivity contribution in [1.29, 1.82) is 0 Å². The average Bonchev–Trinajstić information content (AvgIpc) is 3.48. The van der Waals surface area contributed by atoms with Crippen LogP contribution >= 0.6 is 0 Å². The molecule has 0 spiro atoms. The molecule has 8 nitrogen and oxygen atoms in total. The first kappa shape index (κ1) is 18.9. The van der Waals surface area contributed by atoms with E-state index < -0.39 is 5.66 Å². The standard InChI is InChI=1S/C19H18N6O2.C2H6/c1-14(26)23-9-10-24-18(27)17-11-16(25-8-7-20-21-25)12-22(17)13-19(23,24)15-5-3-2-4-6-15;1-2/h2-8,11-12H,9-10,13H2,1H3;1-2H3. The van der Waals surface area contributed by atoms with Crippen molar-refractivity contribution < 1.29 is 9.59 Å². The van der Waals surface area contributed by atoms with Crippen LogP contribution in [-0.4, -0.2) is 54.3 Å². The maximum atomic E-state index is 13.3. The van der Waals surface area contributed by atoms with Crippen LogP contribution in [0.2, 0.25) is 0 Å². The SMILES string of the molecule is CC.CC(=O)N1CCN2C(=O)c3cc(-n4ccnn4)cn3CC12c1ccccc1. The van der Waals surface area contributed by atoms with Crippen LogP contribution < -0.4 is 0 Å². The summed E-state index contributed by atoms with van der Waals surface area (Å²) in [5, 5.41) is 7.84. The summed E-state index contributed by atoms with van der Waals surface area (Å²) in [7, 11) is 0. The molecule has 1 atom stereocenters. The predicted molar refractivity (Wildman–Crippen MR) is 107 cm³/mol. The van der Waals surface area contributed by atoms with E-state index in [1.807, 2.05) is 65.9 Å². The predicted octanol–water partition coefficient (Wildman–Crippen LogP) is 2.27. The molecule has 0 bridgehead atoms. The first-order valence-electron chi connectivity index (χ1n) is 9.84. The van der Waals surface area contributed by atoms with Crippen LogP contribution in [0.1, 0.15) is 36.8 Å². The molecule has 1 unspecified atom stereocenters. The maximum absolute atomic E-state index is 13.3. The van der Waals surface area contributed by atoms with E-state index in [4.69, 9.17) is 0 Å². The Hall–Kier alpha value is -3.42. The first-order valence-corrected chi connectivity index (χ1v) is 9.84. The Labute approximate surface area is 169 Å². The van der Waals surface area contributed by atoms with Crippen molar-refractivity contribution in [2.45, 2.75) is 33.0 Å². The largest absolute Gasteiger partial charge is 0.337 e. The van der Waals surface area contributed by atoms with E-state index in [2.05, 4.69) is 10.3 Å². The number of nitrogens with zero attached hydrogens (tertiary/aromatic N) is 6. The molecule has 0 aliphatic carbocycles. The summed E-state index contributed by atoms with van der Waals surface area (Å²) in [5.74, 6) is -0.124. The molecule has 1 saturated heterocycles. The molecule has 2 amide bonds. The average molecular weight is 392 g/mol. The highest BCUT2D eigenvalue weighted by Gasteiger charge is 2.55. The maximum Gasteiger partial charge on any atom is 0.272 e. The first-order chi connectivity index (χ1) is 14.1. The molecule has 0 N–H and O–H groups in total. The Morgan fingerprint density at radius 2 is 1.90 bits per heavy atom. The fraction of sp³-hybridized carbons (Fsp3) is 0.333. The summed E-state index contributed by atoms with van der Waals surface area (Å²) in [4.78, 5) is 29.4. The summed E-state index contributed by atoms with van der Waals surface area (Å²) >= 11 is 0. The van der Waals surface area contributed by atoms with Crippen LogP contribution in [-0.2, 0) is 17.0 Å². The molecular weight excluding hydrogens is 368 g/mol. The molecule has 2 aliphatic rings. The number of rotatable bonds is 2. The summed E-state index contributed by atoms with van der Waals surface area (Å²) in [6, 6.07) is 11.6. The topological polar surface area (TPSA) is 76.3 Å². The van der Waals surface area contributed by atoms with Crippen LogP contribution in [0.15, 0.2) is 55.0 Å². The van der Waals surface area contributed by atoms with E-state index in [0.29, 0.717) is 25.3 Å². The van der Waals surface area contributed by atoms with Crippen molar-refractivity contribution in [1.82, 2.24) is 29.4 Å². The van der Waals surface area contributed by atoms with Crippen molar-refractivity contribution >= 4 is 11.8 Å². The normalized spacial score (nSPS) is 20.0. The molecule has 2 aromatic heterocycles. The van der Waals surface area contributed by atoms with Crippen molar-refractivity contribution in [2.75, 3.05) is 13.1 Å². The van der Waals surface area contributed by atoms with E-state index >= 15 is 0 Å². The second kappa shape index (κ2) is 7.20. The lowest BCUT2D eigenvalue weighted by atomic mass is 9.94. The van der Waals surface area contributed by atoms with Gasteiger partial charge in [0.15, 0.2) is 5.66 Å². The second-order valence-corrected chi connectivity index (χ2v) is 6.87. The number of hydrogen-bond acceptors (Lipinski definition) is 4. The van der Waals surface area contributed by atoms with E-state index in [1.54, 1.807) is 28.9 Å². The van der Waals surface area contributed by atoms with Gasteiger partial charge in [0.2, 0.25) is 5.91 Å². The van der Waals surface area contributed by atoms with Gasteiger partial charge in [-0.15, -0.1) is 5.10 Å². The highest BCUT2D eigenvalue weighted by Crippen LogP contribution is 2.43. The van der Waals surface area contributed by atoms with Gasteiger partial charge in [-0.2, -0.15) is 0 Å². The molecule has 29 heavy (non-hydrogen) atoms. The molecular formula is C21H24N6O2. The molecule has 150 valence electrons. The molecule has 1 aromatic carbocycles. The molecule has 8 heteroatoms. The van der Waals surface area contributed by atoms with Gasteiger partial charge in [0.25, 0.3) is 5.91 Å². The van der Waals surface area contributed by atoms with Gasteiger partial charge >= 0.3 is 0 Å². The van der Waals surface area contributed by atoms with Crippen LogP contribution in [0.5, 0.6) is 0 Å². The van der Waals surface area contributed by atoms with Gasteiger partial charge < -0.3 is 14.4 Å². The minimum atomic E-state index is -0.810. The van der Waals surface area contributed by atoms with Gasteiger partial charge in [0.05, 0.1) is 24.6 Å². The number of carbonyl (C=O) groups excluding carboxylic acids is 2. The van der Waals surface area contributed by atoms with Gasteiger partial charge in [-0.25, -0.2) is 4.68 Å². The Bertz CT molecular complexity index is 1030. The van der Waals surface area contributed by atoms with Crippen molar-refractivity contribution in [3.8, 4) is 5.69 Å². The number of benzene rings is 1. The Balaban J connectivity index is 0.000000994. The molecule has 2 aliphatic heterocycles. The third kappa shape index (κ3) is 2.74. The zero-order chi connectivity index (χ0) is 20.6. The van der Waals surface area contributed by atoms with E-state index in [9.17, 15) is 9.59 Å². The third-order valence-electron chi connectivity index (χ3n) is 5.48. The quantitative estimate of drug-likeness (QED) is 0.670. The summed E-state index contributed by atoms with van der Waals surface area (Å²) < 4.78 is 3.55. The highest BCUT2D eigenvalue weighted by atomic mass is 16.2. The Morgan fingerprint density at radius 1 is 1.14 bits per heavy atom. The van der Waals surface area contributed by atoms with Gasteiger partial charge in [-0.05, 0) is 11.6 Å². The van der Waals surface area contributed by atoms with Crippen molar-refractivity contribution in [3.63, 3.8) is 0 Å². The van der Waals surface area contributed by atoms with Gasteiger partial charge in [0.1, 0.15) is 5.69 Å². The second-order valence-electron chi connectivity index (χ2n) is 6.87. The van der Waals surface area contributed by atoms with E-state index in [1.165, 1.54) is 0 Å². The fourth-order valence-electron chi connectivity index (χ4n) is 4.33. The number of amides is 2. The lowest BCUT2D eigenvalue weighted by Gasteiger charge is -2.47. The van der Waals surface area contributed by atoms with Gasteiger partial charge in [-0.3, -0.25) is 9.59 Å². The molecule has 5 rings (SSSR count). The lowest BCUT2D eigenvalue weighted by Crippen LogP contribution is -2.59. The Morgan fingerprint density at radius 3 is 2.55 bits per heavy atom. The third-order valence-corrected chi connectivity index (χ3v) is 5.48. The smallest absolute Gasteiger partial charge is 0.272 e. The van der Waals surface area contributed by atoms with E-state index in [0.717, 1.165) is 11.3 Å². The number of carbonyl (C=O) groups is 2. The number of aromatic nitrogens is 4. The summed E-state index contributed by atoms with van der Waals surface area (Å²) in [6.07, 6.45) is 5.22. The van der Waals surface area contributed by atoms with E-state index in [-0.39, 0.29) is 11.8 Å². The summed E-state index contributed by atoms with van der Waals surface area (Å²) in [5.41, 5.74) is 1.50. The molecule has 0 saturated carbocycles. The highest BCUT2D eigenvalue weighted by molar-refractivity contribution is 5.96. The number of hydrogen-bond donors (Lipinski definition) is 0. The molecule has 4 heterocycles. The van der Waals surface area contributed by atoms with Crippen LogP contribution in [0.3, 0.4) is 0 Å². The lowest BCUT2D eigenvalue weighted by molar-refractivity contribution is -0.138. The zero-order valence-corrected chi connectivity index (χ0v) is 16.8. The minimum Gasteiger partial charge on any atom is -0.337 e. The van der Waals surface area contributed by atoms with Crippen LogP contribution in [0.4, 0.5) is 0 Å². The Kier molecular flexibility index (Phi) is 4.70. The minimum absolute atomic E-state index is 0.0405. The van der Waals surface area contributed by atoms with Crippen molar-refractivity contribution in [3.05, 3.63) is 66.2 Å².